The van der Waals surface area contributed by atoms with E-state index in [0.29, 0.717) is 0 Å². The molecule has 1 atom stereocenters. The van der Waals surface area contributed by atoms with Gasteiger partial charge in [-0.05, 0) is 18.1 Å². The minimum atomic E-state index is -5.10. The van der Waals surface area contributed by atoms with Gasteiger partial charge in [-0.1, -0.05) is 20.8 Å². The largest absolute Gasteiger partial charge is 0.480 e. The van der Waals surface area contributed by atoms with Gasteiger partial charge in [-0.15, -0.1) is 0 Å². The lowest BCUT2D eigenvalue weighted by Gasteiger charge is -2.36. The summed E-state index contributed by atoms with van der Waals surface area (Å²) >= 11 is 0. The summed E-state index contributed by atoms with van der Waals surface area (Å²) in [6, 6.07) is -1.62. The molecule has 0 aliphatic carbocycles. The summed E-state index contributed by atoms with van der Waals surface area (Å²) in [5, 5.41) is 10.2. The van der Waals surface area contributed by atoms with E-state index in [-0.39, 0.29) is 18.1 Å². The number of halogens is 3. The Labute approximate surface area is 123 Å². The van der Waals surface area contributed by atoms with Crippen LogP contribution in [0.1, 0.15) is 27.2 Å². The van der Waals surface area contributed by atoms with Crippen molar-refractivity contribution in [3.8, 4) is 0 Å². The lowest BCUT2D eigenvalue weighted by molar-refractivity contribution is -0.175. The Balaban J connectivity index is 4.57. The molecular weight excluding hydrogens is 307 g/mol. The van der Waals surface area contributed by atoms with Crippen LogP contribution < -0.4 is 5.32 Å². The van der Waals surface area contributed by atoms with Crippen LogP contribution in [-0.2, 0) is 14.0 Å². The van der Waals surface area contributed by atoms with E-state index in [9.17, 15) is 22.8 Å². The van der Waals surface area contributed by atoms with Crippen LogP contribution in [0.5, 0.6) is 0 Å². The van der Waals surface area contributed by atoms with E-state index in [4.69, 9.17) is 9.53 Å². The van der Waals surface area contributed by atoms with E-state index in [1.54, 1.807) is 0 Å². The molecule has 0 radical (unpaired) electrons. The second kappa shape index (κ2) is 6.78. The first-order chi connectivity index (χ1) is 9.18. The maximum absolute atomic E-state index is 12.1. The third-order valence-electron chi connectivity index (χ3n) is 3.54. The second-order valence-corrected chi connectivity index (χ2v) is 11.1. The van der Waals surface area contributed by atoms with E-state index in [2.05, 4.69) is 0 Å². The molecule has 0 bridgehead atoms. The summed E-state index contributed by atoms with van der Waals surface area (Å²) in [5.74, 6) is -3.78. The molecule has 1 amide bonds. The summed E-state index contributed by atoms with van der Waals surface area (Å²) in [6.45, 7) is 9.82. The van der Waals surface area contributed by atoms with Gasteiger partial charge in [0.05, 0.1) is 0 Å². The Morgan fingerprint density at radius 1 is 1.24 bits per heavy atom. The molecule has 124 valence electrons. The van der Waals surface area contributed by atoms with Gasteiger partial charge in [0.25, 0.3) is 0 Å². The Morgan fingerprint density at radius 3 is 2.05 bits per heavy atom. The van der Waals surface area contributed by atoms with Gasteiger partial charge in [-0.3, -0.25) is 4.79 Å². The minimum absolute atomic E-state index is 0.0222. The fourth-order valence-corrected chi connectivity index (χ4v) is 2.21. The van der Waals surface area contributed by atoms with Crippen molar-refractivity contribution in [3.63, 3.8) is 0 Å². The molecule has 5 nitrogen and oxygen atoms in total. The first-order valence-electron chi connectivity index (χ1n) is 6.43. The number of carboxylic acids is 1. The minimum Gasteiger partial charge on any atom is -0.480 e. The van der Waals surface area contributed by atoms with Crippen molar-refractivity contribution in [2.75, 3.05) is 6.61 Å². The average molecular weight is 329 g/mol. The molecule has 2 N–H and O–H groups in total. The fraction of sp³-hybridized carbons (Fsp3) is 0.833. The van der Waals surface area contributed by atoms with Gasteiger partial charge in [0.2, 0.25) is 0 Å². The number of hydrogen-bond acceptors (Lipinski definition) is 3. The molecule has 21 heavy (non-hydrogen) atoms. The number of alkyl halides is 3. The standard InChI is InChI=1S/C12H22F3NO4Si/c1-11(2,3)21(4,5)20-7-6-8(9(17)18)16-10(19)12(13,14)15/h8H,6-7H2,1-5H3,(H,16,19)(H,17,18)/t8-/m1/s1. The van der Waals surface area contributed by atoms with E-state index in [1.807, 2.05) is 33.9 Å². The lowest BCUT2D eigenvalue weighted by atomic mass is 10.2. The molecule has 0 aromatic rings. The van der Waals surface area contributed by atoms with E-state index >= 15 is 0 Å². The van der Waals surface area contributed by atoms with Crippen LogP contribution in [0.3, 0.4) is 0 Å². The van der Waals surface area contributed by atoms with Crippen molar-refractivity contribution in [1.82, 2.24) is 5.32 Å². The van der Waals surface area contributed by atoms with Crippen LogP contribution >= 0.6 is 0 Å². The Kier molecular flexibility index (Phi) is 6.43. The summed E-state index contributed by atoms with van der Waals surface area (Å²) in [5.41, 5.74) is 0. The number of carbonyl (C=O) groups is 2. The van der Waals surface area contributed by atoms with Crippen LogP contribution in [0.2, 0.25) is 18.1 Å². The number of rotatable bonds is 6. The second-order valence-electron chi connectivity index (χ2n) is 6.26. The van der Waals surface area contributed by atoms with Crippen LogP contribution in [0, 0.1) is 0 Å². The molecule has 9 heteroatoms. The van der Waals surface area contributed by atoms with E-state index in [1.165, 1.54) is 5.32 Å². The Hall–Kier alpha value is -1.09. The SMILES string of the molecule is CC(C)(C)[Si](C)(C)OCC[C@@H](NC(=O)C(F)(F)F)C(=O)O. The lowest BCUT2D eigenvalue weighted by Crippen LogP contribution is -2.48. The molecule has 0 aliphatic rings. The number of nitrogens with one attached hydrogen (secondary N) is 1. The predicted octanol–water partition coefficient (Wildman–Crippen LogP) is 2.53. The van der Waals surface area contributed by atoms with Gasteiger partial charge in [0.1, 0.15) is 6.04 Å². The summed E-state index contributed by atoms with van der Waals surface area (Å²) in [4.78, 5) is 21.7. The summed E-state index contributed by atoms with van der Waals surface area (Å²) < 4.78 is 42.0. The summed E-state index contributed by atoms with van der Waals surface area (Å²) in [6.07, 6.45) is -5.32. The van der Waals surface area contributed by atoms with Crippen molar-refractivity contribution < 1.29 is 32.3 Å². The molecule has 0 saturated heterocycles. The number of hydrogen-bond donors (Lipinski definition) is 2. The van der Waals surface area contributed by atoms with Crippen LogP contribution in [0.4, 0.5) is 13.2 Å². The van der Waals surface area contributed by atoms with Gasteiger partial charge >= 0.3 is 18.1 Å². The third kappa shape index (κ3) is 6.47. The highest BCUT2D eigenvalue weighted by atomic mass is 28.4. The highest BCUT2D eigenvalue weighted by Crippen LogP contribution is 2.36. The van der Waals surface area contributed by atoms with Crippen molar-refractivity contribution in [1.29, 1.82) is 0 Å². The molecule has 0 rings (SSSR count). The van der Waals surface area contributed by atoms with Gasteiger partial charge in [-0.2, -0.15) is 13.2 Å². The average Bonchev–Trinajstić information content (AvgIpc) is 2.23. The number of amides is 1. The van der Waals surface area contributed by atoms with Crippen molar-refractivity contribution in [2.45, 2.75) is 57.5 Å². The smallest absolute Gasteiger partial charge is 0.471 e. The maximum Gasteiger partial charge on any atom is 0.471 e. The van der Waals surface area contributed by atoms with Crippen molar-refractivity contribution in [3.05, 3.63) is 0 Å². The first-order valence-corrected chi connectivity index (χ1v) is 9.34. The number of aliphatic carboxylic acids is 1. The maximum atomic E-state index is 12.1. The van der Waals surface area contributed by atoms with E-state index < -0.39 is 32.4 Å². The normalized spacial score (nSPS) is 14.7. The molecule has 0 aliphatic heterocycles. The predicted molar refractivity (Wildman–Crippen MR) is 73.4 cm³/mol. The van der Waals surface area contributed by atoms with E-state index in [0.717, 1.165) is 0 Å². The molecule has 0 spiro atoms. The van der Waals surface area contributed by atoms with Gasteiger partial charge < -0.3 is 14.8 Å². The molecule has 0 unspecified atom stereocenters. The quantitative estimate of drug-likeness (QED) is 0.734. The molecule has 0 fully saturated rings. The number of carbonyl (C=O) groups excluding carboxylic acids is 1. The molecule has 0 saturated carbocycles. The first kappa shape index (κ1) is 19.9. The molecule has 0 heterocycles. The van der Waals surface area contributed by atoms with Gasteiger partial charge in [0, 0.05) is 13.0 Å². The number of carboxylic acid groups (broad SMARTS) is 1. The van der Waals surface area contributed by atoms with Crippen LogP contribution in [0.15, 0.2) is 0 Å². The van der Waals surface area contributed by atoms with Crippen molar-refractivity contribution >= 4 is 20.2 Å². The zero-order valence-corrected chi connectivity index (χ0v) is 13.8. The summed E-state index contributed by atoms with van der Waals surface area (Å²) in [7, 11) is -2.11. The zero-order chi connectivity index (χ0) is 17.1. The molecular formula is C12H22F3NO4Si. The highest BCUT2D eigenvalue weighted by molar-refractivity contribution is 6.74. The van der Waals surface area contributed by atoms with Crippen LogP contribution in [-0.4, -0.2) is 44.1 Å². The van der Waals surface area contributed by atoms with Gasteiger partial charge in [-0.25, -0.2) is 4.79 Å². The van der Waals surface area contributed by atoms with Crippen LogP contribution in [0.25, 0.3) is 0 Å². The van der Waals surface area contributed by atoms with Crippen molar-refractivity contribution in [2.24, 2.45) is 0 Å². The highest BCUT2D eigenvalue weighted by Gasteiger charge is 2.41. The third-order valence-corrected chi connectivity index (χ3v) is 8.07. The Bertz CT molecular complexity index is 391. The molecule has 0 aromatic heterocycles. The molecule has 0 aromatic carbocycles. The monoisotopic (exact) mass is 329 g/mol. The fourth-order valence-electron chi connectivity index (χ4n) is 1.15. The zero-order valence-electron chi connectivity index (χ0n) is 12.8. The Morgan fingerprint density at radius 2 is 1.71 bits per heavy atom. The topological polar surface area (TPSA) is 75.6 Å². The van der Waals surface area contributed by atoms with Gasteiger partial charge in [0.15, 0.2) is 8.32 Å².